The topological polar surface area (TPSA) is 113 Å². The van der Waals surface area contributed by atoms with E-state index in [9.17, 15) is 10.1 Å². The van der Waals surface area contributed by atoms with Crippen LogP contribution in [0.25, 0.3) is 0 Å². The van der Waals surface area contributed by atoms with Gasteiger partial charge in [0.25, 0.3) is 0 Å². The molecule has 0 amide bonds. The third-order valence-corrected chi connectivity index (χ3v) is 7.28. The highest BCUT2D eigenvalue weighted by Crippen LogP contribution is 2.45. The summed E-state index contributed by atoms with van der Waals surface area (Å²) in [5.74, 6) is 1.39. The van der Waals surface area contributed by atoms with E-state index in [1.54, 1.807) is 25.3 Å². The van der Waals surface area contributed by atoms with Gasteiger partial charge in [0.2, 0.25) is 5.88 Å². The van der Waals surface area contributed by atoms with Crippen molar-refractivity contribution in [3.63, 3.8) is 0 Å². The Morgan fingerprint density at radius 2 is 1.71 bits per heavy atom. The average molecular weight is 571 g/mol. The zero-order valence-corrected chi connectivity index (χ0v) is 24.7. The number of nitrogens with zero attached hydrogens (tertiary/aromatic N) is 1. The van der Waals surface area contributed by atoms with Crippen LogP contribution in [0.3, 0.4) is 0 Å². The smallest absolute Gasteiger partial charge is 0.349 e. The van der Waals surface area contributed by atoms with E-state index in [1.165, 1.54) is 19.3 Å². The number of rotatable bonds is 13. The first-order valence-electron chi connectivity index (χ1n) is 14.3. The molecular weight excluding hydrogens is 532 g/mol. The van der Waals surface area contributed by atoms with E-state index >= 15 is 0 Å². The number of fused-ring (bicyclic) bond motifs is 1. The molecule has 1 unspecified atom stereocenters. The molecule has 0 saturated heterocycles. The molecule has 0 aliphatic carbocycles. The fourth-order valence-electron chi connectivity index (χ4n) is 4.82. The Morgan fingerprint density at radius 3 is 2.45 bits per heavy atom. The van der Waals surface area contributed by atoms with Crippen LogP contribution in [0.1, 0.15) is 67.2 Å². The van der Waals surface area contributed by atoms with Gasteiger partial charge in [0.1, 0.15) is 28.9 Å². The van der Waals surface area contributed by atoms with E-state index in [-0.39, 0.29) is 23.8 Å². The van der Waals surface area contributed by atoms with Crippen molar-refractivity contribution in [2.75, 3.05) is 20.3 Å². The molecule has 3 aromatic carbocycles. The zero-order chi connectivity index (χ0) is 30.1. The lowest BCUT2D eigenvalue weighted by Gasteiger charge is -2.27. The molecule has 1 heterocycles. The summed E-state index contributed by atoms with van der Waals surface area (Å²) in [6.07, 6.45) is 5.73. The molecule has 0 aromatic heterocycles. The molecule has 8 nitrogen and oxygen atoms in total. The highest BCUT2D eigenvalue weighted by molar-refractivity contribution is 5.74. The van der Waals surface area contributed by atoms with E-state index in [0.29, 0.717) is 35.2 Å². The number of ether oxygens (including phenoxy) is 5. The Bertz CT molecular complexity index is 1490. The molecule has 42 heavy (non-hydrogen) atoms. The molecule has 0 spiro atoms. The van der Waals surface area contributed by atoms with E-state index in [1.807, 2.05) is 50.2 Å². The standard InChI is InChI=1S/C34H38N2O6/c1-5-6-7-8-9-16-39-29-15-11-24(18-31(29)38-4)33-27-14-13-26(19-30(27)42-34(36)28(33)20-35)41-32(37)21-40-25-12-10-22(2)23(3)17-25/h10-15,17-19,33H,5-9,16,21,36H2,1-4H3. The number of hydrogen-bond donors (Lipinski definition) is 1. The maximum absolute atomic E-state index is 12.5. The van der Waals surface area contributed by atoms with Crippen molar-refractivity contribution in [3.8, 4) is 34.8 Å². The van der Waals surface area contributed by atoms with Crippen molar-refractivity contribution in [2.45, 2.75) is 58.8 Å². The molecule has 0 radical (unpaired) electrons. The van der Waals surface area contributed by atoms with Crippen molar-refractivity contribution in [1.82, 2.24) is 0 Å². The van der Waals surface area contributed by atoms with Crippen LogP contribution < -0.4 is 29.4 Å². The summed E-state index contributed by atoms with van der Waals surface area (Å²) in [7, 11) is 1.59. The van der Waals surface area contributed by atoms with Gasteiger partial charge in [-0.1, -0.05) is 50.8 Å². The Morgan fingerprint density at radius 1 is 0.929 bits per heavy atom. The summed E-state index contributed by atoms with van der Waals surface area (Å²) in [5.41, 5.74) is 10.2. The summed E-state index contributed by atoms with van der Waals surface area (Å²) in [5, 5.41) is 9.96. The van der Waals surface area contributed by atoms with E-state index < -0.39 is 11.9 Å². The summed E-state index contributed by atoms with van der Waals surface area (Å²) in [6, 6.07) is 18.4. The first kappa shape index (κ1) is 30.3. The minimum atomic E-state index is -0.563. The third-order valence-electron chi connectivity index (χ3n) is 7.28. The first-order valence-corrected chi connectivity index (χ1v) is 14.3. The average Bonchev–Trinajstić information content (AvgIpc) is 2.98. The number of carbonyl (C=O) groups is 1. The quantitative estimate of drug-likeness (QED) is 0.135. The van der Waals surface area contributed by atoms with E-state index in [2.05, 4.69) is 13.0 Å². The molecule has 4 rings (SSSR count). The first-order chi connectivity index (χ1) is 20.3. The van der Waals surface area contributed by atoms with Gasteiger partial charge in [0.05, 0.1) is 19.6 Å². The SMILES string of the molecule is CCCCCCCOc1ccc(C2C(C#N)=C(N)Oc3cc(OC(=O)COc4ccc(C)c(C)c4)ccc32)cc1OC. The van der Waals surface area contributed by atoms with E-state index in [4.69, 9.17) is 29.4 Å². The number of aryl methyl sites for hydroxylation is 2. The molecule has 0 saturated carbocycles. The Balaban J connectivity index is 1.49. The molecule has 0 fully saturated rings. The Hall–Kier alpha value is -4.64. The van der Waals surface area contributed by atoms with Crippen LogP contribution in [0.4, 0.5) is 0 Å². The van der Waals surface area contributed by atoms with Gasteiger partial charge in [0.15, 0.2) is 18.1 Å². The monoisotopic (exact) mass is 570 g/mol. The predicted molar refractivity (Wildman–Crippen MR) is 160 cm³/mol. The normalized spacial score (nSPS) is 13.9. The van der Waals surface area contributed by atoms with Gasteiger partial charge >= 0.3 is 5.97 Å². The minimum absolute atomic E-state index is 0.0112. The molecule has 1 aliphatic rings. The van der Waals surface area contributed by atoms with Crippen molar-refractivity contribution in [2.24, 2.45) is 5.73 Å². The number of unbranched alkanes of at least 4 members (excludes halogenated alkanes) is 4. The second-order valence-electron chi connectivity index (χ2n) is 10.3. The van der Waals surface area contributed by atoms with Gasteiger partial charge in [-0.05, 0) is 67.3 Å². The van der Waals surface area contributed by atoms with Crippen LogP contribution >= 0.6 is 0 Å². The summed E-state index contributed by atoms with van der Waals surface area (Å²) in [4.78, 5) is 12.5. The van der Waals surface area contributed by atoms with Crippen LogP contribution in [0.5, 0.6) is 28.7 Å². The van der Waals surface area contributed by atoms with Gasteiger partial charge in [-0.25, -0.2) is 4.79 Å². The number of esters is 1. The second kappa shape index (κ2) is 14.3. The van der Waals surface area contributed by atoms with Gasteiger partial charge in [-0.3, -0.25) is 0 Å². The summed E-state index contributed by atoms with van der Waals surface area (Å²) < 4.78 is 28.5. The van der Waals surface area contributed by atoms with Crippen molar-refractivity contribution in [1.29, 1.82) is 5.26 Å². The molecule has 0 bridgehead atoms. The number of nitriles is 1. The Labute approximate surface area is 247 Å². The number of allylic oxidation sites excluding steroid dienone is 1. The van der Waals surface area contributed by atoms with Crippen LogP contribution in [0, 0.1) is 25.2 Å². The summed E-state index contributed by atoms with van der Waals surface area (Å²) in [6.45, 7) is 6.53. The minimum Gasteiger partial charge on any atom is -0.493 e. The lowest BCUT2D eigenvalue weighted by molar-refractivity contribution is -0.136. The molecule has 1 aliphatic heterocycles. The fraction of sp³-hybridized carbons (Fsp3) is 0.353. The molecule has 220 valence electrons. The summed E-state index contributed by atoms with van der Waals surface area (Å²) >= 11 is 0. The van der Waals surface area contributed by atoms with E-state index in [0.717, 1.165) is 29.5 Å². The number of carbonyl (C=O) groups excluding carboxylic acids is 1. The molecule has 8 heteroatoms. The van der Waals surface area contributed by atoms with Gasteiger partial charge in [-0.15, -0.1) is 0 Å². The molecular formula is C34H38N2O6. The molecule has 3 aromatic rings. The van der Waals surface area contributed by atoms with Gasteiger partial charge < -0.3 is 29.4 Å². The molecule has 2 N–H and O–H groups in total. The zero-order valence-electron chi connectivity index (χ0n) is 24.7. The number of benzene rings is 3. The van der Waals surface area contributed by atoms with Crippen molar-refractivity contribution in [3.05, 3.63) is 88.3 Å². The van der Waals surface area contributed by atoms with Gasteiger partial charge in [-0.2, -0.15) is 5.26 Å². The maximum atomic E-state index is 12.5. The highest BCUT2D eigenvalue weighted by atomic mass is 16.6. The largest absolute Gasteiger partial charge is 0.493 e. The predicted octanol–water partition coefficient (Wildman–Crippen LogP) is 6.86. The number of nitrogens with two attached hydrogens (primary N) is 1. The second-order valence-corrected chi connectivity index (χ2v) is 10.3. The molecule has 1 atom stereocenters. The van der Waals surface area contributed by atoms with Crippen molar-refractivity contribution < 1.29 is 28.5 Å². The van der Waals surface area contributed by atoms with Crippen LogP contribution in [0.15, 0.2) is 66.1 Å². The lowest BCUT2D eigenvalue weighted by Crippen LogP contribution is -2.22. The maximum Gasteiger partial charge on any atom is 0.349 e. The van der Waals surface area contributed by atoms with Crippen LogP contribution in [-0.4, -0.2) is 26.3 Å². The van der Waals surface area contributed by atoms with Crippen molar-refractivity contribution >= 4 is 5.97 Å². The number of hydrogen-bond acceptors (Lipinski definition) is 8. The lowest BCUT2D eigenvalue weighted by atomic mass is 9.83. The van der Waals surface area contributed by atoms with Gasteiger partial charge in [0, 0.05) is 11.6 Å². The van der Waals surface area contributed by atoms with Crippen LogP contribution in [0.2, 0.25) is 0 Å². The fourth-order valence-corrected chi connectivity index (χ4v) is 4.82. The van der Waals surface area contributed by atoms with Crippen LogP contribution in [-0.2, 0) is 4.79 Å². The Kier molecular flexibility index (Phi) is 10.3. The third kappa shape index (κ3) is 7.35. The number of methoxy groups -OCH3 is 1. The highest BCUT2D eigenvalue weighted by Gasteiger charge is 2.32.